The van der Waals surface area contributed by atoms with Crippen LogP contribution in [0.5, 0.6) is 0 Å². The molecule has 0 radical (unpaired) electrons. The van der Waals surface area contributed by atoms with Gasteiger partial charge in [-0.2, -0.15) is 5.26 Å². The molecule has 2 fully saturated rings. The van der Waals surface area contributed by atoms with Gasteiger partial charge in [0.2, 0.25) is 0 Å². The first-order valence-corrected chi connectivity index (χ1v) is 7.44. The summed E-state index contributed by atoms with van der Waals surface area (Å²) in [5.74, 6) is 0.566. The molecule has 5 nitrogen and oxygen atoms in total. The lowest BCUT2D eigenvalue weighted by Crippen LogP contribution is -2.51. The number of hydrogen-bond acceptors (Lipinski definition) is 4. The molecule has 1 amide bonds. The third kappa shape index (κ3) is 3.06. The Kier molecular flexibility index (Phi) is 4.24. The molecule has 0 aromatic carbocycles. The van der Waals surface area contributed by atoms with Crippen molar-refractivity contribution in [3.05, 3.63) is 0 Å². The molecule has 0 bridgehead atoms. The highest BCUT2D eigenvalue weighted by Gasteiger charge is 2.51. The molecule has 1 saturated heterocycles. The first-order chi connectivity index (χ1) is 9.37. The second kappa shape index (κ2) is 5.61. The van der Waals surface area contributed by atoms with Crippen LogP contribution >= 0.6 is 0 Å². The summed E-state index contributed by atoms with van der Waals surface area (Å²) in [6, 6.07) is 2.10. The standard InChI is InChI=1S/C15H25N3O2/c1-14(2,3)20-13(19)18-12(6-8-16)15-7-4-5-11(15)9-17-10-15/h11-12,17H,4-7,9-10H2,1-3H3,(H,18,19). The van der Waals surface area contributed by atoms with Crippen molar-refractivity contribution in [1.29, 1.82) is 5.26 Å². The highest BCUT2D eigenvalue weighted by Crippen LogP contribution is 2.48. The summed E-state index contributed by atoms with van der Waals surface area (Å²) in [4.78, 5) is 12.0. The molecule has 0 aromatic rings. The van der Waals surface area contributed by atoms with Crippen molar-refractivity contribution in [3.8, 4) is 6.07 Å². The van der Waals surface area contributed by atoms with Gasteiger partial charge in [-0.25, -0.2) is 4.79 Å². The maximum absolute atomic E-state index is 12.0. The predicted molar refractivity (Wildman–Crippen MR) is 76.0 cm³/mol. The van der Waals surface area contributed by atoms with Gasteiger partial charge >= 0.3 is 6.09 Å². The minimum Gasteiger partial charge on any atom is -0.444 e. The van der Waals surface area contributed by atoms with Crippen LogP contribution in [0.2, 0.25) is 0 Å². The number of amides is 1. The average Bonchev–Trinajstić information content (AvgIpc) is 2.84. The second-order valence-electron chi connectivity index (χ2n) is 7.01. The van der Waals surface area contributed by atoms with Gasteiger partial charge in [0, 0.05) is 12.0 Å². The zero-order chi connectivity index (χ0) is 14.8. The monoisotopic (exact) mass is 279 g/mol. The van der Waals surface area contributed by atoms with Crippen molar-refractivity contribution in [2.45, 2.75) is 58.1 Å². The van der Waals surface area contributed by atoms with Gasteiger partial charge < -0.3 is 15.4 Å². The first kappa shape index (κ1) is 15.1. The second-order valence-corrected chi connectivity index (χ2v) is 7.01. The molecule has 2 rings (SSSR count). The van der Waals surface area contributed by atoms with Crippen LogP contribution in [-0.2, 0) is 4.74 Å². The quantitative estimate of drug-likeness (QED) is 0.830. The zero-order valence-corrected chi connectivity index (χ0v) is 12.7. The van der Waals surface area contributed by atoms with E-state index in [4.69, 9.17) is 10.00 Å². The Bertz CT molecular complexity index is 398. The maximum Gasteiger partial charge on any atom is 0.407 e. The van der Waals surface area contributed by atoms with E-state index in [2.05, 4.69) is 16.7 Å². The van der Waals surface area contributed by atoms with E-state index in [0.29, 0.717) is 12.3 Å². The van der Waals surface area contributed by atoms with Crippen LogP contribution in [0.15, 0.2) is 0 Å². The van der Waals surface area contributed by atoms with Gasteiger partial charge in [0.25, 0.3) is 0 Å². The van der Waals surface area contributed by atoms with Crippen molar-refractivity contribution < 1.29 is 9.53 Å². The SMILES string of the molecule is CC(C)(C)OC(=O)NC(CC#N)C12CCCC1CNC2. The number of carbonyl (C=O) groups is 1. The third-order valence-electron chi connectivity index (χ3n) is 4.53. The molecule has 1 aliphatic carbocycles. The summed E-state index contributed by atoms with van der Waals surface area (Å²) in [6.45, 7) is 7.43. The van der Waals surface area contributed by atoms with E-state index in [0.717, 1.165) is 19.5 Å². The predicted octanol–water partition coefficient (Wildman–Crippen LogP) is 2.18. The Hall–Kier alpha value is -1.28. The Balaban J connectivity index is 2.08. The van der Waals surface area contributed by atoms with Crippen LogP contribution in [0.3, 0.4) is 0 Å². The van der Waals surface area contributed by atoms with Crippen molar-refractivity contribution in [3.63, 3.8) is 0 Å². The summed E-state index contributed by atoms with van der Waals surface area (Å²) in [7, 11) is 0. The van der Waals surface area contributed by atoms with Gasteiger partial charge in [0.05, 0.1) is 18.5 Å². The van der Waals surface area contributed by atoms with E-state index >= 15 is 0 Å². The lowest BCUT2D eigenvalue weighted by atomic mass is 9.73. The summed E-state index contributed by atoms with van der Waals surface area (Å²) < 4.78 is 5.34. The number of nitrogens with zero attached hydrogens (tertiary/aromatic N) is 1. The molecule has 3 atom stereocenters. The number of carbonyl (C=O) groups excluding carboxylic acids is 1. The lowest BCUT2D eigenvalue weighted by Gasteiger charge is -2.37. The fourth-order valence-electron chi connectivity index (χ4n) is 3.71. The Morgan fingerprint density at radius 1 is 1.60 bits per heavy atom. The molecule has 2 N–H and O–H groups in total. The topological polar surface area (TPSA) is 74.1 Å². The first-order valence-electron chi connectivity index (χ1n) is 7.44. The van der Waals surface area contributed by atoms with Crippen molar-refractivity contribution in [2.24, 2.45) is 11.3 Å². The fourth-order valence-corrected chi connectivity index (χ4v) is 3.71. The van der Waals surface area contributed by atoms with Gasteiger partial charge in [0.15, 0.2) is 0 Å². The highest BCUT2D eigenvalue weighted by atomic mass is 16.6. The van der Waals surface area contributed by atoms with E-state index in [9.17, 15) is 4.79 Å². The highest BCUT2D eigenvalue weighted by molar-refractivity contribution is 5.68. The number of ether oxygens (including phenoxy) is 1. The Morgan fingerprint density at radius 3 is 3.00 bits per heavy atom. The number of nitrogens with one attached hydrogen (secondary N) is 2. The maximum atomic E-state index is 12.0. The molecule has 112 valence electrons. The van der Waals surface area contributed by atoms with Gasteiger partial charge in [0.1, 0.15) is 5.60 Å². The van der Waals surface area contributed by atoms with Crippen molar-refractivity contribution in [1.82, 2.24) is 10.6 Å². The molecule has 0 aromatic heterocycles. The minimum atomic E-state index is -0.512. The molecule has 5 heteroatoms. The number of nitriles is 1. The van der Waals surface area contributed by atoms with E-state index in [1.807, 2.05) is 20.8 Å². The molecule has 2 aliphatic rings. The van der Waals surface area contributed by atoms with Crippen LogP contribution in [-0.4, -0.2) is 30.8 Å². The van der Waals surface area contributed by atoms with Gasteiger partial charge in [-0.1, -0.05) is 6.42 Å². The van der Waals surface area contributed by atoms with Crippen LogP contribution in [0.4, 0.5) is 4.79 Å². The summed E-state index contributed by atoms with van der Waals surface area (Å²) in [5.41, 5.74) is -0.478. The molecule has 3 unspecified atom stereocenters. The third-order valence-corrected chi connectivity index (χ3v) is 4.53. The summed E-state index contributed by atoms with van der Waals surface area (Å²) >= 11 is 0. The fraction of sp³-hybridized carbons (Fsp3) is 0.867. The normalized spacial score (nSPS) is 30.4. The minimum absolute atomic E-state index is 0.0344. The largest absolute Gasteiger partial charge is 0.444 e. The number of hydrogen-bond donors (Lipinski definition) is 2. The Morgan fingerprint density at radius 2 is 2.35 bits per heavy atom. The Labute approximate surface area is 121 Å². The lowest BCUT2D eigenvalue weighted by molar-refractivity contribution is 0.0435. The average molecular weight is 279 g/mol. The summed E-state index contributed by atoms with van der Waals surface area (Å²) in [6.07, 6.45) is 3.38. The summed E-state index contributed by atoms with van der Waals surface area (Å²) in [5, 5.41) is 15.5. The van der Waals surface area contributed by atoms with Gasteiger partial charge in [-0.15, -0.1) is 0 Å². The van der Waals surface area contributed by atoms with E-state index in [-0.39, 0.29) is 11.5 Å². The molecule has 20 heavy (non-hydrogen) atoms. The molecule has 1 aliphatic heterocycles. The van der Waals surface area contributed by atoms with E-state index in [1.54, 1.807) is 0 Å². The van der Waals surface area contributed by atoms with Crippen LogP contribution in [0.1, 0.15) is 46.5 Å². The number of alkyl carbamates (subject to hydrolysis) is 1. The van der Waals surface area contributed by atoms with Crippen molar-refractivity contribution >= 4 is 6.09 Å². The smallest absolute Gasteiger partial charge is 0.407 e. The number of fused-ring (bicyclic) bond motifs is 1. The number of rotatable bonds is 3. The molecular weight excluding hydrogens is 254 g/mol. The molecule has 1 saturated carbocycles. The van der Waals surface area contributed by atoms with Gasteiger partial charge in [-0.3, -0.25) is 0 Å². The van der Waals surface area contributed by atoms with Gasteiger partial charge in [-0.05, 0) is 46.1 Å². The zero-order valence-electron chi connectivity index (χ0n) is 12.7. The molecule has 0 spiro atoms. The van der Waals surface area contributed by atoms with Crippen LogP contribution in [0.25, 0.3) is 0 Å². The van der Waals surface area contributed by atoms with Crippen LogP contribution < -0.4 is 10.6 Å². The van der Waals surface area contributed by atoms with Crippen LogP contribution in [0, 0.1) is 22.7 Å². The molecule has 1 heterocycles. The van der Waals surface area contributed by atoms with E-state index in [1.165, 1.54) is 12.8 Å². The van der Waals surface area contributed by atoms with Crippen molar-refractivity contribution in [2.75, 3.05) is 13.1 Å². The molecular formula is C15H25N3O2. The van der Waals surface area contributed by atoms with E-state index < -0.39 is 11.7 Å².